The molecule has 3 aromatic rings. The topological polar surface area (TPSA) is 55.8 Å². The highest BCUT2D eigenvalue weighted by Gasteiger charge is 2.41. The fraction of sp³-hybridized carbons (Fsp3) is 0.154. The highest BCUT2D eigenvalue weighted by atomic mass is 32.2. The number of nitrogens with zero attached hydrogens (tertiary/aromatic N) is 1. The van der Waals surface area contributed by atoms with Crippen LogP contribution in [0.5, 0.6) is 11.5 Å². The molecule has 5 nitrogen and oxygen atoms in total. The molecular formula is C26H23NO4S. The molecule has 32 heavy (non-hydrogen) atoms. The van der Waals surface area contributed by atoms with E-state index in [1.54, 1.807) is 18.2 Å². The Kier molecular flexibility index (Phi) is 6.06. The molecule has 0 radical (unpaired) electrons. The van der Waals surface area contributed by atoms with Gasteiger partial charge < -0.3 is 9.47 Å². The predicted molar refractivity (Wildman–Crippen MR) is 127 cm³/mol. The summed E-state index contributed by atoms with van der Waals surface area (Å²) in [7, 11) is 3.04. The molecule has 1 heterocycles. The van der Waals surface area contributed by atoms with Gasteiger partial charge in [-0.3, -0.25) is 9.59 Å². The van der Waals surface area contributed by atoms with Crippen LogP contribution >= 0.6 is 11.8 Å². The standard InChI is InChI=1S/C26H23NO4S/c1-16-10-11-18(14-17(16)2)23-24(32-20-8-6-5-7-9-20)26(29)27(25(23)28)21-15-19(30-3)12-13-22(21)31-4/h5-15H,1-4H3. The fourth-order valence-corrected chi connectivity index (χ4v) is 4.57. The summed E-state index contributed by atoms with van der Waals surface area (Å²) in [6, 6.07) is 20.4. The molecule has 0 fully saturated rings. The van der Waals surface area contributed by atoms with Crippen LogP contribution in [-0.4, -0.2) is 26.0 Å². The third-order valence-electron chi connectivity index (χ3n) is 5.43. The number of benzene rings is 3. The van der Waals surface area contributed by atoms with Crippen LogP contribution in [0.4, 0.5) is 5.69 Å². The molecule has 4 rings (SSSR count). The number of imide groups is 1. The van der Waals surface area contributed by atoms with Crippen molar-refractivity contribution in [3.8, 4) is 11.5 Å². The average molecular weight is 446 g/mol. The number of hydrogen-bond donors (Lipinski definition) is 0. The number of hydrogen-bond acceptors (Lipinski definition) is 5. The van der Waals surface area contributed by atoms with Gasteiger partial charge in [-0.1, -0.05) is 48.2 Å². The number of methoxy groups -OCH3 is 2. The van der Waals surface area contributed by atoms with E-state index >= 15 is 0 Å². The molecule has 0 aromatic heterocycles. The van der Waals surface area contributed by atoms with E-state index in [4.69, 9.17) is 9.47 Å². The van der Waals surface area contributed by atoms with Crippen molar-refractivity contribution >= 4 is 34.8 Å². The Labute approximate surface area is 191 Å². The molecule has 1 aliphatic rings. The van der Waals surface area contributed by atoms with Crippen molar-refractivity contribution in [3.05, 3.63) is 88.3 Å². The number of thioether (sulfide) groups is 1. The van der Waals surface area contributed by atoms with Gasteiger partial charge in [-0.05, 0) is 54.8 Å². The summed E-state index contributed by atoms with van der Waals surface area (Å²) < 4.78 is 10.8. The number of rotatable bonds is 6. The van der Waals surface area contributed by atoms with E-state index in [1.807, 2.05) is 62.4 Å². The summed E-state index contributed by atoms with van der Waals surface area (Å²) in [5.41, 5.74) is 3.63. The molecule has 0 saturated carbocycles. The Hall–Kier alpha value is -3.51. The minimum atomic E-state index is -0.386. The normalized spacial score (nSPS) is 13.7. The molecule has 6 heteroatoms. The summed E-state index contributed by atoms with van der Waals surface area (Å²) in [4.78, 5) is 29.8. The maximum absolute atomic E-state index is 13.7. The lowest BCUT2D eigenvalue weighted by Crippen LogP contribution is -2.31. The molecule has 0 N–H and O–H groups in total. The first-order valence-corrected chi connectivity index (χ1v) is 10.9. The van der Waals surface area contributed by atoms with Crippen LogP contribution in [0.3, 0.4) is 0 Å². The van der Waals surface area contributed by atoms with Crippen molar-refractivity contribution in [2.24, 2.45) is 0 Å². The van der Waals surface area contributed by atoms with E-state index in [2.05, 4.69) is 0 Å². The first-order chi connectivity index (χ1) is 15.4. The Balaban J connectivity index is 1.88. The molecular weight excluding hydrogens is 422 g/mol. The maximum Gasteiger partial charge on any atom is 0.273 e. The second-order valence-corrected chi connectivity index (χ2v) is 8.49. The summed E-state index contributed by atoms with van der Waals surface area (Å²) in [6.45, 7) is 4.01. The molecule has 2 amide bonds. The minimum absolute atomic E-state index is 0.354. The number of carbonyl (C=O) groups is 2. The van der Waals surface area contributed by atoms with E-state index in [1.165, 1.54) is 30.9 Å². The largest absolute Gasteiger partial charge is 0.497 e. The first kappa shape index (κ1) is 21.7. The number of carbonyl (C=O) groups excluding carboxylic acids is 2. The second-order valence-electron chi connectivity index (χ2n) is 7.40. The highest BCUT2D eigenvalue weighted by Crippen LogP contribution is 2.44. The Morgan fingerprint density at radius 2 is 1.53 bits per heavy atom. The number of amides is 2. The summed E-state index contributed by atoms with van der Waals surface area (Å²) in [5.74, 6) is 0.170. The van der Waals surface area contributed by atoms with Gasteiger partial charge in [0.05, 0.1) is 30.4 Å². The summed E-state index contributed by atoms with van der Waals surface area (Å²) in [6.07, 6.45) is 0. The van der Waals surface area contributed by atoms with Crippen LogP contribution in [0.25, 0.3) is 5.57 Å². The fourth-order valence-electron chi connectivity index (χ4n) is 3.55. The van der Waals surface area contributed by atoms with Crippen molar-refractivity contribution in [2.45, 2.75) is 18.7 Å². The number of aryl methyl sites for hydroxylation is 2. The Bertz CT molecular complexity index is 1230. The molecule has 3 aromatic carbocycles. The van der Waals surface area contributed by atoms with Gasteiger partial charge in [0.1, 0.15) is 11.5 Å². The van der Waals surface area contributed by atoms with E-state index in [0.717, 1.165) is 16.0 Å². The maximum atomic E-state index is 13.7. The quantitative estimate of drug-likeness (QED) is 0.476. The van der Waals surface area contributed by atoms with Gasteiger partial charge in [0.2, 0.25) is 0 Å². The van der Waals surface area contributed by atoms with Crippen LogP contribution in [0.2, 0.25) is 0 Å². The molecule has 162 valence electrons. The van der Waals surface area contributed by atoms with Gasteiger partial charge in [-0.2, -0.15) is 0 Å². The second kappa shape index (κ2) is 8.93. The molecule has 0 atom stereocenters. The van der Waals surface area contributed by atoms with Gasteiger partial charge >= 0.3 is 0 Å². The average Bonchev–Trinajstić information content (AvgIpc) is 3.05. The lowest BCUT2D eigenvalue weighted by molar-refractivity contribution is -0.119. The van der Waals surface area contributed by atoms with Crippen LogP contribution in [0.15, 0.2) is 76.5 Å². The van der Waals surface area contributed by atoms with E-state index in [0.29, 0.717) is 33.2 Å². The molecule has 0 aliphatic carbocycles. The van der Waals surface area contributed by atoms with Crippen molar-refractivity contribution in [3.63, 3.8) is 0 Å². The molecule has 0 saturated heterocycles. The number of anilines is 1. The van der Waals surface area contributed by atoms with Gasteiger partial charge in [0.25, 0.3) is 11.8 Å². The monoisotopic (exact) mass is 445 g/mol. The zero-order valence-electron chi connectivity index (χ0n) is 18.3. The summed E-state index contributed by atoms with van der Waals surface area (Å²) >= 11 is 1.29. The highest BCUT2D eigenvalue weighted by molar-refractivity contribution is 8.04. The Morgan fingerprint density at radius 3 is 2.19 bits per heavy atom. The van der Waals surface area contributed by atoms with Crippen molar-refractivity contribution in [2.75, 3.05) is 19.1 Å². The third kappa shape index (κ3) is 3.89. The van der Waals surface area contributed by atoms with E-state index < -0.39 is 0 Å². The lowest BCUT2D eigenvalue weighted by atomic mass is 10.0. The van der Waals surface area contributed by atoms with Crippen LogP contribution in [0, 0.1) is 13.8 Å². The molecule has 1 aliphatic heterocycles. The predicted octanol–water partition coefficient (Wildman–Crippen LogP) is 5.40. The molecule has 0 bridgehead atoms. The smallest absolute Gasteiger partial charge is 0.273 e. The molecule has 0 spiro atoms. The zero-order chi connectivity index (χ0) is 22.8. The number of ether oxygens (including phenoxy) is 2. The molecule has 0 unspecified atom stereocenters. The summed E-state index contributed by atoms with van der Waals surface area (Å²) in [5, 5.41) is 0. The van der Waals surface area contributed by atoms with Gasteiger partial charge in [-0.15, -0.1) is 0 Å². The van der Waals surface area contributed by atoms with Gasteiger partial charge in [0.15, 0.2) is 0 Å². The van der Waals surface area contributed by atoms with Crippen molar-refractivity contribution in [1.82, 2.24) is 0 Å². The van der Waals surface area contributed by atoms with Crippen molar-refractivity contribution in [1.29, 1.82) is 0 Å². The SMILES string of the molecule is COc1ccc(OC)c(N2C(=O)C(Sc3ccccc3)=C(c3ccc(C)c(C)c3)C2=O)c1. The minimum Gasteiger partial charge on any atom is -0.497 e. The van der Waals surface area contributed by atoms with E-state index in [-0.39, 0.29) is 11.8 Å². The van der Waals surface area contributed by atoms with Gasteiger partial charge in [0, 0.05) is 11.0 Å². The van der Waals surface area contributed by atoms with Crippen molar-refractivity contribution < 1.29 is 19.1 Å². The van der Waals surface area contributed by atoms with Crippen LogP contribution in [0.1, 0.15) is 16.7 Å². The van der Waals surface area contributed by atoms with Gasteiger partial charge in [-0.25, -0.2) is 4.90 Å². The first-order valence-electron chi connectivity index (χ1n) is 10.1. The van der Waals surface area contributed by atoms with Crippen LogP contribution in [-0.2, 0) is 9.59 Å². The van der Waals surface area contributed by atoms with E-state index in [9.17, 15) is 9.59 Å². The third-order valence-corrected chi connectivity index (χ3v) is 6.52. The zero-order valence-corrected chi connectivity index (χ0v) is 19.2. The van der Waals surface area contributed by atoms with Crippen LogP contribution < -0.4 is 14.4 Å². The lowest BCUT2D eigenvalue weighted by Gasteiger charge is -2.19. The Morgan fingerprint density at radius 1 is 0.781 bits per heavy atom.